The molecule has 1 aromatic carbocycles. The number of amides is 1. The molecule has 0 bridgehead atoms. The van der Waals surface area contributed by atoms with Crippen molar-refractivity contribution in [2.75, 3.05) is 11.0 Å². The van der Waals surface area contributed by atoms with Gasteiger partial charge in [-0.3, -0.25) is 9.52 Å². The minimum Gasteiger partial charge on any atom is -0.346 e. The molecule has 1 heterocycles. The lowest BCUT2D eigenvalue weighted by Gasteiger charge is -2.15. The van der Waals surface area contributed by atoms with E-state index in [1.807, 2.05) is 18.6 Å². The minimum absolute atomic E-state index is 0.0528. The zero-order chi connectivity index (χ0) is 25.0. The normalized spacial score (nSPS) is 13.4. The molecule has 0 fully saturated rings. The number of nitrogens with one attached hydrogen (secondary N) is 2. The van der Waals surface area contributed by atoms with Gasteiger partial charge in [0.05, 0.1) is 18.0 Å². The van der Waals surface area contributed by atoms with E-state index in [9.17, 15) is 30.8 Å². The lowest BCUT2D eigenvalue weighted by molar-refractivity contribution is -0.141. The molecule has 1 amide bonds. The molecule has 1 atom stereocenters. The van der Waals surface area contributed by atoms with Crippen LogP contribution in [0, 0.1) is 11.7 Å². The molecule has 0 radical (unpaired) electrons. The van der Waals surface area contributed by atoms with Crippen molar-refractivity contribution in [3.8, 4) is 0 Å². The van der Waals surface area contributed by atoms with Crippen LogP contribution in [-0.2, 0) is 27.4 Å². The Morgan fingerprint density at radius 2 is 1.82 bits per heavy atom. The van der Waals surface area contributed by atoms with Crippen molar-refractivity contribution in [2.24, 2.45) is 5.92 Å². The maximum Gasteiger partial charge on any atom is 0.433 e. The Hall–Kier alpha value is -2.95. The Morgan fingerprint density at radius 1 is 1.15 bits per heavy atom. The smallest absolute Gasteiger partial charge is 0.346 e. The van der Waals surface area contributed by atoms with Crippen LogP contribution in [0.2, 0.25) is 0 Å². The predicted molar refractivity (Wildman–Crippen MR) is 118 cm³/mol. The average Bonchev–Trinajstić information content (AvgIpc) is 2.66. The fourth-order valence-electron chi connectivity index (χ4n) is 2.97. The molecule has 0 saturated carbocycles. The molecule has 0 aliphatic rings. The first-order valence-electron chi connectivity index (χ1n) is 9.98. The summed E-state index contributed by atoms with van der Waals surface area (Å²) in [6.45, 7) is 5.30. The molecule has 2 N–H and O–H groups in total. The average molecular weight is 488 g/mol. The highest BCUT2D eigenvalue weighted by Crippen LogP contribution is 2.29. The number of benzene rings is 1. The summed E-state index contributed by atoms with van der Waals surface area (Å²) < 4.78 is 77.7. The van der Waals surface area contributed by atoms with E-state index in [0.717, 1.165) is 18.4 Å². The topological polar surface area (TPSA) is 88.2 Å². The quantitative estimate of drug-likeness (QED) is 0.417. The van der Waals surface area contributed by atoms with Gasteiger partial charge in [-0.15, -0.1) is 0 Å². The lowest BCUT2D eigenvalue weighted by Crippen LogP contribution is -2.24. The number of hydrogen-bond donors (Lipinski definition) is 2. The van der Waals surface area contributed by atoms with Gasteiger partial charge in [-0.05, 0) is 54.7 Å². The van der Waals surface area contributed by atoms with Crippen molar-refractivity contribution in [1.29, 1.82) is 0 Å². The number of carbonyl (C=O) groups excluding carboxylic acids is 1. The molecule has 1 aromatic heterocycles. The van der Waals surface area contributed by atoms with Gasteiger partial charge in [-0.1, -0.05) is 26.0 Å². The number of anilines is 1. The van der Waals surface area contributed by atoms with Gasteiger partial charge in [0.2, 0.25) is 15.9 Å². The molecule has 33 heavy (non-hydrogen) atoms. The van der Waals surface area contributed by atoms with E-state index >= 15 is 0 Å². The molecule has 11 heteroatoms. The molecule has 1 unspecified atom stereocenters. The molecule has 2 aromatic rings. The van der Waals surface area contributed by atoms with Crippen molar-refractivity contribution in [2.45, 2.75) is 39.4 Å². The van der Waals surface area contributed by atoms with Gasteiger partial charge in [0.1, 0.15) is 11.5 Å². The second-order valence-corrected chi connectivity index (χ2v) is 9.75. The lowest BCUT2D eigenvalue weighted by atomic mass is 10.0. The number of carbonyl (C=O) groups is 1. The number of hydrogen-bond acceptors (Lipinski definition) is 4. The van der Waals surface area contributed by atoms with E-state index in [1.54, 1.807) is 6.92 Å². The van der Waals surface area contributed by atoms with Gasteiger partial charge in [0, 0.05) is 11.8 Å². The molecule has 0 aliphatic heterocycles. The van der Waals surface area contributed by atoms with Crippen LogP contribution in [0.5, 0.6) is 0 Å². The van der Waals surface area contributed by atoms with Crippen LogP contribution in [-0.4, -0.2) is 25.6 Å². The molecular formula is C22H25F4N3O3S. The highest BCUT2D eigenvalue weighted by Gasteiger charge is 2.32. The molecule has 2 rings (SSSR count). The summed E-state index contributed by atoms with van der Waals surface area (Å²) in [5, 5.41) is 2.63. The zero-order valence-electron chi connectivity index (χ0n) is 18.5. The number of pyridine rings is 1. The number of sulfonamides is 1. The van der Waals surface area contributed by atoms with E-state index in [4.69, 9.17) is 0 Å². The predicted octanol–water partition coefficient (Wildman–Crippen LogP) is 4.70. The summed E-state index contributed by atoms with van der Waals surface area (Å²) in [5.74, 6) is -1.29. The van der Waals surface area contributed by atoms with Crippen molar-refractivity contribution >= 4 is 27.7 Å². The van der Waals surface area contributed by atoms with Crippen molar-refractivity contribution in [3.05, 3.63) is 64.7 Å². The first kappa shape index (κ1) is 26.3. The summed E-state index contributed by atoms with van der Waals surface area (Å²) in [6.07, 6.45) is -0.821. The number of rotatable bonds is 8. The first-order valence-corrected chi connectivity index (χ1v) is 11.9. The number of halogens is 4. The summed E-state index contributed by atoms with van der Waals surface area (Å²) in [6, 6.07) is 5.32. The van der Waals surface area contributed by atoms with Gasteiger partial charge >= 0.3 is 6.18 Å². The van der Waals surface area contributed by atoms with Crippen molar-refractivity contribution < 1.29 is 30.8 Å². The Morgan fingerprint density at radius 3 is 2.36 bits per heavy atom. The van der Waals surface area contributed by atoms with E-state index < -0.39 is 39.7 Å². The Kier molecular flexibility index (Phi) is 8.23. The minimum atomic E-state index is -4.57. The zero-order valence-corrected chi connectivity index (χ0v) is 19.3. The van der Waals surface area contributed by atoms with Gasteiger partial charge in [0.15, 0.2) is 0 Å². The van der Waals surface area contributed by atoms with Crippen LogP contribution in [0.15, 0.2) is 36.4 Å². The van der Waals surface area contributed by atoms with Crippen LogP contribution in [0.4, 0.5) is 23.2 Å². The number of aromatic nitrogens is 1. The fourth-order valence-corrected chi connectivity index (χ4v) is 3.53. The third kappa shape index (κ3) is 8.16. The van der Waals surface area contributed by atoms with Crippen LogP contribution in [0.3, 0.4) is 0 Å². The largest absolute Gasteiger partial charge is 0.433 e. The second kappa shape index (κ2) is 10.3. The van der Waals surface area contributed by atoms with Crippen molar-refractivity contribution in [3.63, 3.8) is 0 Å². The summed E-state index contributed by atoms with van der Waals surface area (Å²) in [5.41, 5.74) is -0.198. The summed E-state index contributed by atoms with van der Waals surface area (Å²) in [7, 11) is -3.64. The van der Waals surface area contributed by atoms with Crippen LogP contribution >= 0.6 is 0 Å². The molecule has 0 spiro atoms. The molecule has 6 nitrogen and oxygen atoms in total. The number of nitrogens with zero attached hydrogens (tertiary/aromatic N) is 1. The van der Waals surface area contributed by atoms with Crippen LogP contribution in [0.25, 0.3) is 6.08 Å². The third-order valence-corrected chi connectivity index (χ3v) is 5.05. The first-order chi connectivity index (χ1) is 15.2. The summed E-state index contributed by atoms with van der Waals surface area (Å²) >= 11 is 0. The van der Waals surface area contributed by atoms with E-state index in [0.29, 0.717) is 17.5 Å². The van der Waals surface area contributed by atoms with Gasteiger partial charge in [-0.25, -0.2) is 17.8 Å². The van der Waals surface area contributed by atoms with E-state index in [1.165, 1.54) is 30.4 Å². The Labute approximate surface area is 190 Å². The maximum atomic E-state index is 14.2. The van der Waals surface area contributed by atoms with Gasteiger partial charge in [0.25, 0.3) is 0 Å². The van der Waals surface area contributed by atoms with Crippen molar-refractivity contribution in [1.82, 2.24) is 10.3 Å². The maximum absolute atomic E-state index is 14.2. The third-order valence-electron chi connectivity index (χ3n) is 4.46. The van der Waals surface area contributed by atoms with Gasteiger partial charge < -0.3 is 5.32 Å². The van der Waals surface area contributed by atoms with E-state index in [2.05, 4.69) is 10.3 Å². The number of alkyl halides is 3. The second-order valence-electron chi connectivity index (χ2n) is 8.01. The highest BCUT2D eigenvalue weighted by molar-refractivity contribution is 7.92. The monoisotopic (exact) mass is 487 g/mol. The molecular weight excluding hydrogens is 462 g/mol. The molecule has 180 valence electrons. The standard InChI is InChI=1S/C22H25F4N3O3S/c1-13(2)11-19-15(6-9-20(28-19)22(24,25)26)7-10-21(30)27-14(3)16-5-8-18(17(23)12-16)29-33(4,31)32/h5-10,12-14,29H,11H2,1-4H3,(H,27,30). The SMILES string of the molecule is CC(C)Cc1nc(C(F)(F)F)ccc1C=CC(=O)NC(C)c1ccc(NS(C)(=O)=O)c(F)c1. The highest BCUT2D eigenvalue weighted by atomic mass is 32.2. The summed E-state index contributed by atoms with van der Waals surface area (Å²) in [4.78, 5) is 16.0. The van der Waals surface area contributed by atoms with Crippen LogP contribution < -0.4 is 10.0 Å². The fraction of sp³-hybridized carbons (Fsp3) is 0.364. The molecule has 0 saturated heterocycles. The molecule has 0 aliphatic carbocycles. The van der Waals surface area contributed by atoms with Crippen LogP contribution in [0.1, 0.15) is 49.3 Å². The Bertz CT molecular complexity index is 1150. The van der Waals surface area contributed by atoms with Gasteiger partial charge in [-0.2, -0.15) is 13.2 Å². The van der Waals surface area contributed by atoms with E-state index in [-0.39, 0.29) is 17.3 Å². The Balaban J connectivity index is 2.15.